The van der Waals surface area contributed by atoms with Crippen molar-refractivity contribution in [2.24, 2.45) is 0 Å². The van der Waals surface area contributed by atoms with Crippen LogP contribution in [0, 0.1) is 0 Å². The predicted octanol–water partition coefficient (Wildman–Crippen LogP) is 7.86. The molecule has 4 aromatic rings. The van der Waals surface area contributed by atoms with Crippen LogP contribution in [0.25, 0.3) is 0 Å². The third-order valence-electron chi connectivity index (χ3n) is 5.70. The van der Waals surface area contributed by atoms with Crippen molar-refractivity contribution in [3.63, 3.8) is 0 Å². The van der Waals surface area contributed by atoms with Gasteiger partial charge in [-0.05, 0) is 34.9 Å². The SMILES string of the molecule is O=C1CC(c2cc(Cl)cc(Cl)c2)Oc2cc(OCc3ccccc3)cc(OCc3ccccc3)c21. The number of hydrogen-bond acceptors (Lipinski definition) is 4. The van der Waals surface area contributed by atoms with Crippen molar-refractivity contribution >= 4 is 29.0 Å². The smallest absolute Gasteiger partial charge is 0.174 e. The zero-order chi connectivity index (χ0) is 24.2. The van der Waals surface area contributed by atoms with Crippen molar-refractivity contribution in [1.29, 1.82) is 0 Å². The van der Waals surface area contributed by atoms with Crippen LogP contribution in [-0.4, -0.2) is 5.78 Å². The highest BCUT2D eigenvalue weighted by molar-refractivity contribution is 6.34. The maximum absolute atomic E-state index is 13.3. The van der Waals surface area contributed by atoms with Gasteiger partial charge in [0.1, 0.15) is 42.1 Å². The van der Waals surface area contributed by atoms with Crippen molar-refractivity contribution in [3.05, 3.63) is 123 Å². The first-order valence-electron chi connectivity index (χ1n) is 11.2. The topological polar surface area (TPSA) is 44.8 Å². The standard InChI is InChI=1S/C29H22Cl2O4/c30-22-11-21(12-23(31)13-22)26-16-25(32)29-27(34-18-20-9-5-2-6-10-20)14-24(15-28(29)35-26)33-17-19-7-3-1-4-8-19/h1-15,26H,16-18H2. The molecule has 0 bridgehead atoms. The van der Waals surface area contributed by atoms with Gasteiger partial charge in [-0.2, -0.15) is 0 Å². The molecule has 0 saturated carbocycles. The Labute approximate surface area is 214 Å². The van der Waals surface area contributed by atoms with Crippen LogP contribution in [0.15, 0.2) is 91.0 Å². The van der Waals surface area contributed by atoms with E-state index in [4.69, 9.17) is 37.4 Å². The van der Waals surface area contributed by atoms with E-state index in [2.05, 4.69) is 0 Å². The molecule has 1 unspecified atom stereocenters. The molecule has 176 valence electrons. The Kier molecular flexibility index (Phi) is 6.94. The van der Waals surface area contributed by atoms with E-state index in [9.17, 15) is 4.79 Å². The highest BCUT2D eigenvalue weighted by Crippen LogP contribution is 2.43. The Hall–Kier alpha value is -3.47. The first kappa shape index (κ1) is 23.3. The minimum Gasteiger partial charge on any atom is -0.489 e. The molecule has 1 heterocycles. The van der Waals surface area contributed by atoms with E-state index < -0.39 is 6.10 Å². The number of benzene rings is 4. The monoisotopic (exact) mass is 504 g/mol. The van der Waals surface area contributed by atoms with E-state index in [1.54, 1.807) is 30.3 Å². The minimum atomic E-state index is -0.516. The van der Waals surface area contributed by atoms with Gasteiger partial charge in [0.05, 0.1) is 6.42 Å². The maximum Gasteiger partial charge on any atom is 0.174 e. The van der Waals surface area contributed by atoms with Crippen molar-refractivity contribution in [1.82, 2.24) is 0 Å². The van der Waals surface area contributed by atoms with Gasteiger partial charge >= 0.3 is 0 Å². The molecule has 0 N–H and O–H groups in total. The van der Waals surface area contributed by atoms with Gasteiger partial charge in [0.25, 0.3) is 0 Å². The normalized spacial score (nSPS) is 14.7. The van der Waals surface area contributed by atoms with Crippen molar-refractivity contribution in [2.45, 2.75) is 25.7 Å². The molecule has 0 radical (unpaired) electrons. The van der Waals surface area contributed by atoms with Crippen LogP contribution in [0.5, 0.6) is 17.2 Å². The molecule has 4 aromatic carbocycles. The van der Waals surface area contributed by atoms with Gasteiger partial charge in [0.15, 0.2) is 5.78 Å². The minimum absolute atomic E-state index is 0.0787. The molecular weight excluding hydrogens is 483 g/mol. The van der Waals surface area contributed by atoms with Gasteiger partial charge in [-0.15, -0.1) is 0 Å². The summed E-state index contributed by atoms with van der Waals surface area (Å²) in [5, 5.41) is 0.974. The second-order valence-electron chi connectivity index (χ2n) is 8.28. The van der Waals surface area contributed by atoms with Gasteiger partial charge in [-0.25, -0.2) is 0 Å². The first-order chi connectivity index (χ1) is 17.0. The molecule has 0 saturated heterocycles. The van der Waals surface area contributed by atoms with Crippen LogP contribution in [-0.2, 0) is 13.2 Å². The average Bonchev–Trinajstić information content (AvgIpc) is 2.86. The Morgan fingerprint density at radius 2 is 1.37 bits per heavy atom. The molecule has 0 fully saturated rings. The number of halogens is 2. The van der Waals surface area contributed by atoms with Crippen LogP contribution < -0.4 is 14.2 Å². The zero-order valence-electron chi connectivity index (χ0n) is 18.7. The molecule has 35 heavy (non-hydrogen) atoms. The number of rotatable bonds is 7. The molecule has 1 aliphatic heterocycles. The van der Waals surface area contributed by atoms with Gasteiger partial charge in [-0.3, -0.25) is 4.79 Å². The molecular formula is C29H22Cl2O4. The van der Waals surface area contributed by atoms with Gasteiger partial charge < -0.3 is 14.2 Å². The highest BCUT2D eigenvalue weighted by atomic mass is 35.5. The van der Waals surface area contributed by atoms with Crippen LogP contribution in [0.3, 0.4) is 0 Å². The summed E-state index contributed by atoms with van der Waals surface area (Å²) in [6.07, 6.45) is -0.368. The summed E-state index contributed by atoms with van der Waals surface area (Å²) < 4.78 is 18.4. The Bertz CT molecular complexity index is 1320. The van der Waals surface area contributed by atoms with Gasteiger partial charge in [0, 0.05) is 22.2 Å². The van der Waals surface area contributed by atoms with E-state index in [0.29, 0.717) is 46.1 Å². The van der Waals surface area contributed by atoms with Crippen molar-refractivity contribution in [2.75, 3.05) is 0 Å². The van der Waals surface area contributed by atoms with E-state index >= 15 is 0 Å². The Morgan fingerprint density at radius 3 is 2.00 bits per heavy atom. The lowest BCUT2D eigenvalue weighted by Crippen LogP contribution is -2.21. The molecule has 1 atom stereocenters. The summed E-state index contributed by atoms with van der Waals surface area (Å²) in [5.74, 6) is 1.32. The number of carbonyl (C=O) groups is 1. The van der Waals surface area contributed by atoms with E-state index in [0.717, 1.165) is 16.7 Å². The average molecular weight is 505 g/mol. The summed E-state index contributed by atoms with van der Waals surface area (Å²) in [6, 6.07) is 28.3. The fourth-order valence-electron chi connectivity index (χ4n) is 4.02. The number of ketones is 1. The third kappa shape index (κ3) is 5.61. The third-order valence-corrected chi connectivity index (χ3v) is 6.14. The van der Waals surface area contributed by atoms with Crippen LogP contribution >= 0.6 is 23.2 Å². The Morgan fingerprint density at radius 1 is 0.771 bits per heavy atom. The van der Waals surface area contributed by atoms with Gasteiger partial charge in [0.2, 0.25) is 0 Å². The second kappa shape index (κ2) is 10.4. The zero-order valence-corrected chi connectivity index (χ0v) is 20.3. The largest absolute Gasteiger partial charge is 0.489 e. The summed E-state index contributed by atoms with van der Waals surface area (Å²) in [5.41, 5.74) is 3.18. The van der Waals surface area contributed by atoms with Crippen molar-refractivity contribution < 1.29 is 19.0 Å². The van der Waals surface area contributed by atoms with Gasteiger partial charge in [-0.1, -0.05) is 83.9 Å². The molecule has 4 nitrogen and oxygen atoms in total. The van der Waals surface area contributed by atoms with Crippen molar-refractivity contribution in [3.8, 4) is 17.2 Å². The summed E-state index contributed by atoms with van der Waals surface area (Å²) >= 11 is 12.4. The predicted molar refractivity (Wildman–Crippen MR) is 137 cm³/mol. The summed E-state index contributed by atoms with van der Waals surface area (Å²) in [6.45, 7) is 0.690. The molecule has 5 rings (SSSR count). The quantitative estimate of drug-likeness (QED) is 0.257. The highest BCUT2D eigenvalue weighted by Gasteiger charge is 2.32. The fraction of sp³-hybridized carbons (Fsp3) is 0.138. The lowest BCUT2D eigenvalue weighted by molar-refractivity contribution is 0.0841. The molecule has 0 amide bonds. The fourth-order valence-corrected chi connectivity index (χ4v) is 4.56. The Balaban J connectivity index is 1.47. The molecule has 6 heteroatoms. The lowest BCUT2D eigenvalue weighted by Gasteiger charge is -2.28. The van der Waals surface area contributed by atoms with E-state index in [-0.39, 0.29) is 12.2 Å². The second-order valence-corrected chi connectivity index (χ2v) is 9.15. The molecule has 0 aliphatic carbocycles. The van der Waals surface area contributed by atoms with E-state index in [1.165, 1.54) is 0 Å². The molecule has 1 aliphatic rings. The number of hydrogen-bond donors (Lipinski definition) is 0. The van der Waals surface area contributed by atoms with Crippen LogP contribution in [0.1, 0.15) is 39.6 Å². The molecule has 0 spiro atoms. The van der Waals surface area contributed by atoms with E-state index in [1.807, 2.05) is 60.7 Å². The number of fused-ring (bicyclic) bond motifs is 1. The maximum atomic E-state index is 13.3. The van der Waals surface area contributed by atoms with Crippen LogP contribution in [0.4, 0.5) is 0 Å². The first-order valence-corrected chi connectivity index (χ1v) is 12.0. The summed E-state index contributed by atoms with van der Waals surface area (Å²) in [4.78, 5) is 13.3. The lowest BCUT2D eigenvalue weighted by atomic mass is 9.95. The van der Waals surface area contributed by atoms with Crippen LogP contribution in [0.2, 0.25) is 10.0 Å². The summed E-state index contributed by atoms with van der Waals surface area (Å²) in [7, 11) is 0. The number of carbonyl (C=O) groups excluding carboxylic acids is 1. The molecule has 0 aromatic heterocycles. The number of Topliss-reactive ketones (excluding diaryl/α,β-unsaturated/α-hetero) is 1. The number of ether oxygens (including phenoxy) is 3.